The van der Waals surface area contributed by atoms with E-state index in [0.29, 0.717) is 10.9 Å². The van der Waals surface area contributed by atoms with E-state index in [-0.39, 0.29) is 0 Å². The minimum atomic E-state index is 0.414. The van der Waals surface area contributed by atoms with Gasteiger partial charge < -0.3 is 4.74 Å². The highest BCUT2D eigenvalue weighted by Crippen LogP contribution is 2.25. The lowest BCUT2D eigenvalue weighted by Gasteiger charge is -1.99. The Morgan fingerprint density at radius 1 is 1.54 bits per heavy atom. The molecule has 0 N–H and O–H groups in total. The van der Waals surface area contributed by atoms with Crippen LogP contribution in [0.2, 0.25) is 5.15 Å². The van der Waals surface area contributed by atoms with Crippen LogP contribution in [0.3, 0.4) is 0 Å². The van der Waals surface area contributed by atoms with Gasteiger partial charge in [0.15, 0.2) is 11.3 Å². The summed E-state index contributed by atoms with van der Waals surface area (Å²) in [6.07, 6.45) is 1.80. The SMILES string of the molecule is COc1cc(Cl)nc2cn(C)nc12. The number of aromatic nitrogens is 3. The maximum Gasteiger partial charge on any atom is 0.153 e. The average Bonchev–Trinajstić information content (AvgIpc) is 2.43. The van der Waals surface area contributed by atoms with E-state index >= 15 is 0 Å². The van der Waals surface area contributed by atoms with Gasteiger partial charge >= 0.3 is 0 Å². The number of hydrogen-bond donors (Lipinski definition) is 0. The summed E-state index contributed by atoms with van der Waals surface area (Å²) in [5.41, 5.74) is 1.47. The molecule has 0 fully saturated rings. The van der Waals surface area contributed by atoms with Crippen LogP contribution in [0.1, 0.15) is 0 Å². The first-order chi connectivity index (χ1) is 6.20. The molecule has 0 radical (unpaired) electrons. The summed E-state index contributed by atoms with van der Waals surface area (Å²) in [6, 6.07) is 1.65. The van der Waals surface area contributed by atoms with Crippen LogP contribution in [0.4, 0.5) is 0 Å². The van der Waals surface area contributed by atoms with Gasteiger partial charge in [0.25, 0.3) is 0 Å². The molecule has 2 aromatic rings. The van der Waals surface area contributed by atoms with Gasteiger partial charge in [-0.05, 0) is 0 Å². The number of methoxy groups -OCH3 is 1. The monoisotopic (exact) mass is 197 g/mol. The fourth-order valence-corrected chi connectivity index (χ4v) is 1.40. The normalized spacial score (nSPS) is 10.7. The molecule has 0 atom stereocenters. The molecular formula is C8H8ClN3O. The van der Waals surface area contributed by atoms with E-state index in [2.05, 4.69) is 10.1 Å². The molecule has 0 aliphatic heterocycles. The molecule has 4 nitrogen and oxygen atoms in total. The summed E-state index contributed by atoms with van der Waals surface area (Å²) in [7, 11) is 3.41. The molecule has 0 amide bonds. The van der Waals surface area contributed by atoms with Crippen molar-refractivity contribution in [3.05, 3.63) is 17.4 Å². The van der Waals surface area contributed by atoms with Gasteiger partial charge in [0.2, 0.25) is 0 Å². The largest absolute Gasteiger partial charge is 0.494 e. The molecule has 0 spiro atoms. The predicted molar refractivity (Wildman–Crippen MR) is 50.1 cm³/mol. The quantitative estimate of drug-likeness (QED) is 0.653. The minimum Gasteiger partial charge on any atom is -0.494 e. The zero-order chi connectivity index (χ0) is 9.42. The summed E-state index contributed by atoms with van der Waals surface area (Å²) in [4.78, 5) is 4.11. The zero-order valence-corrected chi connectivity index (χ0v) is 8.04. The maximum atomic E-state index is 5.78. The number of nitrogens with zero attached hydrogens (tertiary/aromatic N) is 3. The molecule has 5 heteroatoms. The van der Waals surface area contributed by atoms with Crippen LogP contribution < -0.4 is 4.74 Å². The molecule has 0 unspecified atom stereocenters. The molecular weight excluding hydrogens is 190 g/mol. The van der Waals surface area contributed by atoms with E-state index in [9.17, 15) is 0 Å². The number of aryl methyl sites for hydroxylation is 1. The van der Waals surface area contributed by atoms with E-state index in [1.54, 1.807) is 24.1 Å². The van der Waals surface area contributed by atoms with Crippen molar-refractivity contribution < 1.29 is 4.74 Å². The lowest BCUT2D eigenvalue weighted by molar-refractivity contribution is 0.418. The molecule has 0 aliphatic carbocycles. The van der Waals surface area contributed by atoms with Gasteiger partial charge in [-0.2, -0.15) is 5.10 Å². The Hall–Kier alpha value is -1.29. The van der Waals surface area contributed by atoms with Crippen molar-refractivity contribution in [3.8, 4) is 5.75 Å². The number of ether oxygens (including phenoxy) is 1. The topological polar surface area (TPSA) is 39.9 Å². The van der Waals surface area contributed by atoms with E-state index in [1.165, 1.54) is 0 Å². The smallest absolute Gasteiger partial charge is 0.153 e. The van der Waals surface area contributed by atoms with E-state index < -0.39 is 0 Å². The molecule has 0 bridgehead atoms. The van der Waals surface area contributed by atoms with Crippen LogP contribution in [-0.4, -0.2) is 21.9 Å². The van der Waals surface area contributed by atoms with Crippen molar-refractivity contribution in [2.45, 2.75) is 0 Å². The summed E-state index contributed by atoms with van der Waals surface area (Å²) in [5.74, 6) is 0.649. The summed E-state index contributed by atoms with van der Waals surface area (Å²) in [5, 5.41) is 4.61. The number of hydrogen-bond acceptors (Lipinski definition) is 3. The molecule has 68 valence electrons. The van der Waals surface area contributed by atoms with Crippen LogP contribution in [0.25, 0.3) is 11.0 Å². The Kier molecular flexibility index (Phi) is 1.84. The minimum absolute atomic E-state index is 0.414. The summed E-state index contributed by atoms with van der Waals surface area (Å²) < 4.78 is 6.80. The van der Waals surface area contributed by atoms with Crippen LogP contribution >= 0.6 is 11.6 Å². The van der Waals surface area contributed by atoms with Gasteiger partial charge in [-0.3, -0.25) is 4.68 Å². The molecule has 2 heterocycles. The molecule has 2 rings (SSSR count). The van der Waals surface area contributed by atoms with E-state index in [1.807, 2.05) is 7.05 Å². The van der Waals surface area contributed by atoms with Gasteiger partial charge in [-0.25, -0.2) is 4.98 Å². The van der Waals surface area contributed by atoms with Crippen LogP contribution in [-0.2, 0) is 7.05 Å². The lowest BCUT2D eigenvalue weighted by atomic mass is 10.3. The highest BCUT2D eigenvalue weighted by atomic mass is 35.5. The van der Waals surface area contributed by atoms with Gasteiger partial charge in [-0.1, -0.05) is 11.6 Å². The second-order valence-corrected chi connectivity index (χ2v) is 3.07. The van der Waals surface area contributed by atoms with Crippen LogP contribution in [0.5, 0.6) is 5.75 Å². The number of halogens is 1. The fraction of sp³-hybridized carbons (Fsp3) is 0.250. The average molecular weight is 198 g/mol. The van der Waals surface area contributed by atoms with E-state index in [4.69, 9.17) is 16.3 Å². The third kappa shape index (κ3) is 1.33. The van der Waals surface area contributed by atoms with E-state index in [0.717, 1.165) is 11.0 Å². The lowest BCUT2D eigenvalue weighted by Crippen LogP contribution is -1.88. The maximum absolute atomic E-state index is 5.78. The van der Waals surface area contributed by atoms with Crippen LogP contribution in [0.15, 0.2) is 12.3 Å². The molecule has 0 aromatic carbocycles. The summed E-state index contributed by atoms with van der Waals surface area (Å²) in [6.45, 7) is 0. The van der Waals surface area contributed by atoms with Crippen molar-refractivity contribution in [1.82, 2.24) is 14.8 Å². The van der Waals surface area contributed by atoms with Crippen molar-refractivity contribution >= 4 is 22.6 Å². The van der Waals surface area contributed by atoms with Crippen molar-refractivity contribution in [1.29, 1.82) is 0 Å². The number of pyridine rings is 1. The highest BCUT2D eigenvalue weighted by molar-refractivity contribution is 6.30. The molecule has 13 heavy (non-hydrogen) atoms. The molecule has 0 saturated heterocycles. The molecule has 0 saturated carbocycles. The molecule has 0 aliphatic rings. The Balaban J connectivity index is 2.80. The first kappa shape index (κ1) is 8.31. The van der Waals surface area contributed by atoms with Gasteiger partial charge in [0.05, 0.1) is 13.3 Å². The van der Waals surface area contributed by atoms with Gasteiger partial charge in [0, 0.05) is 13.1 Å². The third-order valence-corrected chi connectivity index (χ3v) is 1.93. The fourth-order valence-electron chi connectivity index (χ4n) is 1.21. The summed E-state index contributed by atoms with van der Waals surface area (Å²) >= 11 is 5.78. The Morgan fingerprint density at radius 2 is 2.31 bits per heavy atom. The van der Waals surface area contributed by atoms with Crippen molar-refractivity contribution in [2.24, 2.45) is 7.05 Å². The Morgan fingerprint density at radius 3 is 3.00 bits per heavy atom. The first-order valence-corrected chi connectivity index (χ1v) is 4.12. The second kappa shape index (κ2) is 2.88. The zero-order valence-electron chi connectivity index (χ0n) is 7.28. The number of fused-ring (bicyclic) bond motifs is 1. The Bertz CT molecular complexity index is 452. The van der Waals surface area contributed by atoms with Crippen LogP contribution in [0, 0.1) is 0 Å². The van der Waals surface area contributed by atoms with Gasteiger partial charge in [-0.15, -0.1) is 0 Å². The van der Waals surface area contributed by atoms with Crippen molar-refractivity contribution in [3.63, 3.8) is 0 Å². The second-order valence-electron chi connectivity index (χ2n) is 2.68. The van der Waals surface area contributed by atoms with Gasteiger partial charge in [0.1, 0.15) is 10.7 Å². The molecule has 2 aromatic heterocycles. The Labute approximate surface area is 80.1 Å². The van der Waals surface area contributed by atoms with Crippen molar-refractivity contribution in [2.75, 3.05) is 7.11 Å². The predicted octanol–water partition coefficient (Wildman–Crippen LogP) is 1.63. The first-order valence-electron chi connectivity index (χ1n) is 3.74. The number of rotatable bonds is 1. The third-order valence-electron chi connectivity index (χ3n) is 1.74. The standard InChI is InChI=1S/C8H8ClN3O/c1-12-4-5-8(11-12)6(13-2)3-7(9)10-5/h3-4H,1-2H3. The highest BCUT2D eigenvalue weighted by Gasteiger charge is 2.08.